The van der Waals surface area contributed by atoms with E-state index in [0.29, 0.717) is 29.0 Å². The summed E-state index contributed by atoms with van der Waals surface area (Å²) in [6.45, 7) is 6.04. The van der Waals surface area contributed by atoms with E-state index in [0.717, 1.165) is 18.4 Å². The van der Waals surface area contributed by atoms with E-state index in [4.69, 9.17) is 11.5 Å². The van der Waals surface area contributed by atoms with Crippen LogP contribution < -0.4 is 16.4 Å². The second-order valence-electron chi connectivity index (χ2n) is 5.35. The lowest BCUT2D eigenvalue weighted by molar-refractivity contribution is -0.119. The molecule has 4 N–H and O–H groups in total. The summed E-state index contributed by atoms with van der Waals surface area (Å²) in [5.41, 5.74) is 14.6. The molecule has 0 radical (unpaired) electrons. The number of benzene rings is 1. The smallest absolute Gasteiger partial charge is 0.249 e. The standard InChI is InChI=1S/C15H21N3O2/c1-4-18(15(20)10-5-6-10)13-9(3)11(14(17)19)7-8(2)12(13)16/h7,10H,4-6,16H2,1-3H3,(H2,17,19). The van der Waals surface area contributed by atoms with Crippen molar-refractivity contribution in [2.75, 3.05) is 17.2 Å². The van der Waals surface area contributed by atoms with E-state index in [1.165, 1.54) is 0 Å². The van der Waals surface area contributed by atoms with Crippen molar-refractivity contribution in [3.05, 3.63) is 22.8 Å². The van der Waals surface area contributed by atoms with Crippen LogP contribution in [0.1, 0.15) is 41.3 Å². The van der Waals surface area contributed by atoms with Gasteiger partial charge in [-0.25, -0.2) is 0 Å². The highest BCUT2D eigenvalue weighted by molar-refractivity contribution is 6.04. The molecule has 108 valence electrons. The van der Waals surface area contributed by atoms with E-state index in [2.05, 4.69) is 0 Å². The molecule has 1 aromatic carbocycles. The summed E-state index contributed by atoms with van der Waals surface area (Å²) in [6.07, 6.45) is 1.87. The topological polar surface area (TPSA) is 89.4 Å². The Bertz CT molecular complexity index is 577. The van der Waals surface area contributed by atoms with Crippen LogP contribution in [0, 0.1) is 19.8 Å². The summed E-state index contributed by atoms with van der Waals surface area (Å²) in [5.74, 6) is -0.309. The van der Waals surface area contributed by atoms with Gasteiger partial charge >= 0.3 is 0 Å². The second-order valence-corrected chi connectivity index (χ2v) is 5.35. The zero-order chi connectivity index (χ0) is 15.0. The van der Waals surface area contributed by atoms with Crippen molar-refractivity contribution >= 4 is 23.2 Å². The molecule has 0 aliphatic heterocycles. The fraction of sp³-hybridized carbons (Fsp3) is 0.467. The minimum atomic E-state index is -0.498. The van der Waals surface area contributed by atoms with Gasteiger partial charge in [0.25, 0.3) is 0 Å². The Labute approximate surface area is 118 Å². The van der Waals surface area contributed by atoms with Crippen LogP contribution in [-0.2, 0) is 4.79 Å². The Morgan fingerprint density at radius 1 is 1.35 bits per heavy atom. The van der Waals surface area contributed by atoms with Crippen LogP contribution in [0.25, 0.3) is 0 Å². The van der Waals surface area contributed by atoms with Gasteiger partial charge in [0.05, 0.1) is 11.4 Å². The first-order valence-corrected chi connectivity index (χ1v) is 6.89. The number of carbonyl (C=O) groups excluding carboxylic acids is 2. The highest BCUT2D eigenvalue weighted by atomic mass is 16.2. The monoisotopic (exact) mass is 275 g/mol. The number of amides is 2. The van der Waals surface area contributed by atoms with Crippen molar-refractivity contribution in [3.63, 3.8) is 0 Å². The first kappa shape index (κ1) is 14.4. The highest BCUT2D eigenvalue weighted by Crippen LogP contribution is 2.38. The van der Waals surface area contributed by atoms with E-state index in [1.54, 1.807) is 17.9 Å². The number of aryl methyl sites for hydroxylation is 1. The van der Waals surface area contributed by atoms with E-state index in [-0.39, 0.29) is 11.8 Å². The van der Waals surface area contributed by atoms with Gasteiger partial charge in [0, 0.05) is 18.0 Å². The number of rotatable bonds is 4. The first-order valence-electron chi connectivity index (χ1n) is 6.89. The van der Waals surface area contributed by atoms with Crippen LogP contribution in [0.4, 0.5) is 11.4 Å². The summed E-state index contributed by atoms with van der Waals surface area (Å²) in [6, 6.07) is 1.69. The van der Waals surface area contributed by atoms with Crippen molar-refractivity contribution < 1.29 is 9.59 Å². The lowest BCUT2D eigenvalue weighted by Crippen LogP contribution is -2.34. The lowest BCUT2D eigenvalue weighted by Gasteiger charge is -2.26. The molecular weight excluding hydrogens is 254 g/mol. The van der Waals surface area contributed by atoms with Crippen LogP contribution >= 0.6 is 0 Å². The third-order valence-electron chi connectivity index (χ3n) is 3.84. The molecule has 20 heavy (non-hydrogen) atoms. The van der Waals surface area contributed by atoms with E-state index in [1.807, 2.05) is 13.8 Å². The Morgan fingerprint density at radius 2 is 1.95 bits per heavy atom. The summed E-state index contributed by atoms with van der Waals surface area (Å²) in [5, 5.41) is 0. The van der Waals surface area contributed by atoms with E-state index >= 15 is 0 Å². The van der Waals surface area contributed by atoms with Gasteiger partial charge in [-0.3, -0.25) is 9.59 Å². The third-order valence-corrected chi connectivity index (χ3v) is 3.84. The molecule has 0 unspecified atom stereocenters. The molecular formula is C15H21N3O2. The van der Waals surface area contributed by atoms with Crippen molar-refractivity contribution in [1.82, 2.24) is 0 Å². The zero-order valence-electron chi connectivity index (χ0n) is 12.2. The molecule has 1 saturated carbocycles. The van der Waals surface area contributed by atoms with Crippen LogP contribution in [0.2, 0.25) is 0 Å². The predicted octanol–water partition coefficient (Wildman–Crippen LogP) is 1.75. The van der Waals surface area contributed by atoms with Gasteiger partial charge in [-0.2, -0.15) is 0 Å². The Morgan fingerprint density at radius 3 is 2.40 bits per heavy atom. The van der Waals surface area contributed by atoms with Gasteiger partial charge in [-0.05, 0) is 50.8 Å². The molecule has 0 bridgehead atoms. The zero-order valence-corrected chi connectivity index (χ0v) is 12.2. The number of nitrogens with zero attached hydrogens (tertiary/aromatic N) is 1. The molecule has 2 amide bonds. The largest absolute Gasteiger partial charge is 0.397 e. The van der Waals surface area contributed by atoms with Gasteiger partial charge in [0.1, 0.15) is 0 Å². The molecule has 5 nitrogen and oxygen atoms in total. The number of primary amides is 1. The Hall–Kier alpha value is -2.04. The molecule has 1 aliphatic rings. The van der Waals surface area contributed by atoms with Crippen molar-refractivity contribution in [1.29, 1.82) is 0 Å². The highest BCUT2D eigenvalue weighted by Gasteiger charge is 2.35. The fourth-order valence-electron chi connectivity index (χ4n) is 2.50. The molecule has 0 spiro atoms. The summed E-state index contributed by atoms with van der Waals surface area (Å²) in [7, 11) is 0. The van der Waals surface area contributed by atoms with Crippen LogP contribution in [0.5, 0.6) is 0 Å². The number of hydrogen-bond donors (Lipinski definition) is 2. The van der Waals surface area contributed by atoms with Crippen molar-refractivity contribution in [3.8, 4) is 0 Å². The lowest BCUT2D eigenvalue weighted by atomic mass is 9.99. The average Bonchev–Trinajstić information content (AvgIpc) is 3.22. The van der Waals surface area contributed by atoms with Gasteiger partial charge in [-0.15, -0.1) is 0 Å². The van der Waals surface area contributed by atoms with Gasteiger partial charge in [0.15, 0.2) is 0 Å². The molecule has 0 saturated heterocycles. The molecule has 2 rings (SSSR count). The van der Waals surface area contributed by atoms with Crippen LogP contribution in [0.15, 0.2) is 6.07 Å². The SMILES string of the molecule is CCN(C(=O)C1CC1)c1c(C)c(C(N)=O)cc(C)c1N. The maximum Gasteiger partial charge on any atom is 0.249 e. The number of nitrogen functional groups attached to an aromatic ring is 1. The van der Waals surface area contributed by atoms with E-state index < -0.39 is 5.91 Å². The number of nitrogens with two attached hydrogens (primary N) is 2. The molecule has 1 fully saturated rings. The Balaban J connectivity index is 2.58. The molecule has 5 heteroatoms. The van der Waals surface area contributed by atoms with Crippen LogP contribution in [-0.4, -0.2) is 18.4 Å². The molecule has 0 atom stereocenters. The number of anilines is 2. The maximum atomic E-state index is 12.4. The minimum absolute atomic E-state index is 0.0864. The quantitative estimate of drug-likeness (QED) is 0.820. The second kappa shape index (κ2) is 5.15. The van der Waals surface area contributed by atoms with Gasteiger partial charge in [-0.1, -0.05) is 0 Å². The Kier molecular flexibility index (Phi) is 3.70. The summed E-state index contributed by atoms with van der Waals surface area (Å²) < 4.78 is 0. The van der Waals surface area contributed by atoms with E-state index in [9.17, 15) is 9.59 Å². The minimum Gasteiger partial charge on any atom is -0.397 e. The van der Waals surface area contributed by atoms with Crippen molar-refractivity contribution in [2.24, 2.45) is 11.7 Å². The van der Waals surface area contributed by atoms with Gasteiger partial charge in [0.2, 0.25) is 11.8 Å². The van der Waals surface area contributed by atoms with Gasteiger partial charge < -0.3 is 16.4 Å². The molecule has 1 aliphatic carbocycles. The number of carbonyl (C=O) groups is 2. The summed E-state index contributed by atoms with van der Waals surface area (Å²) >= 11 is 0. The molecule has 1 aromatic rings. The average molecular weight is 275 g/mol. The fourth-order valence-corrected chi connectivity index (χ4v) is 2.50. The predicted molar refractivity (Wildman–Crippen MR) is 79.6 cm³/mol. The maximum absolute atomic E-state index is 12.4. The van der Waals surface area contributed by atoms with Crippen molar-refractivity contribution in [2.45, 2.75) is 33.6 Å². The molecule has 0 aromatic heterocycles. The third kappa shape index (κ3) is 2.35. The summed E-state index contributed by atoms with van der Waals surface area (Å²) in [4.78, 5) is 25.6. The first-order chi connectivity index (χ1) is 9.38. The van der Waals surface area contributed by atoms with Crippen LogP contribution in [0.3, 0.4) is 0 Å². The normalized spacial score (nSPS) is 14.2. The molecule has 0 heterocycles. The number of hydrogen-bond acceptors (Lipinski definition) is 3.